The van der Waals surface area contributed by atoms with Crippen molar-refractivity contribution in [3.63, 3.8) is 0 Å². The van der Waals surface area contributed by atoms with Gasteiger partial charge in [-0.25, -0.2) is 9.37 Å². The maximum Gasteiger partial charge on any atom is 0.141 e. The topological polar surface area (TPSA) is 32.0 Å². The van der Waals surface area contributed by atoms with Crippen molar-refractivity contribution in [2.24, 2.45) is 0 Å². The number of benzene rings is 3. The van der Waals surface area contributed by atoms with Crippen LogP contribution in [0.5, 0.6) is 0 Å². The van der Waals surface area contributed by atoms with Crippen LogP contribution in [0.3, 0.4) is 0 Å². The van der Waals surface area contributed by atoms with Gasteiger partial charge in [-0.05, 0) is 80.8 Å². The molecule has 0 radical (unpaired) electrons. The Kier molecular flexibility index (Phi) is 5.01. The van der Waals surface area contributed by atoms with E-state index >= 15 is 0 Å². The maximum absolute atomic E-state index is 14.3. The fourth-order valence-corrected chi connectivity index (χ4v) is 4.93. The van der Waals surface area contributed by atoms with Crippen LogP contribution < -0.4 is 0 Å². The molecule has 0 saturated heterocycles. The Bertz CT molecular complexity index is 1490. The summed E-state index contributed by atoms with van der Waals surface area (Å²) in [7, 11) is 1.72. The van der Waals surface area contributed by atoms with Gasteiger partial charge in [0.25, 0.3) is 0 Å². The second-order valence-corrected chi connectivity index (χ2v) is 8.55. The van der Waals surface area contributed by atoms with Gasteiger partial charge >= 0.3 is 0 Å². The van der Waals surface area contributed by atoms with Crippen LogP contribution in [0.2, 0.25) is 0 Å². The zero-order valence-electron chi connectivity index (χ0n) is 19.3. The number of halogens is 1. The van der Waals surface area contributed by atoms with Gasteiger partial charge in [-0.2, -0.15) is 0 Å². The van der Waals surface area contributed by atoms with Gasteiger partial charge in [0.1, 0.15) is 11.6 Å². The first-order valence-electron chi connectivity index (χ1n) is 11.1. The summed E-state index contributed by atoms with van der Waals surface area (Å²) in [5.41, 5.74) is 8.75. The van der Waals surface area contributed by atoms with Crippen molar-refractivity contribution in [2.75, 3.05) is 13.7 Å². The molecule has 5 rings (SSSR count). The van der Waals surface area contributed by atoms with Crippen molar-refractivity contribution >= 4 is 32.8 Å². The quantitative estimate of drug-likeness (QED) is 0.318. The lowest BCUT2D eigenvalue weighted by Gasteiger charge is -2.10. The molecule has 2 aromatic heterocycles. The van der Waals surface area contributed by atoms with E-state index in [1.165, 1.54) is 11.1 Å². The molecule has 0 spiro atoms. The third-order valence-corrected chi connectivity index (χ3v) is 6.65. The average Bonchev–Trinajstić information content (AvgIpc) is 3.30. The molecule has 0 unspecified atom stereocenters. The van der Waals surface area contributed by atoms with Crippen molar-refractivity contribution in [1.29, 1.82) is 0 Å². The van der Waals surface area contributed by atoms with Crippen LogP contribution in [0.4, 0.5) is 4.39 Å². The number of hydrogen-bond acceptors (Lipinski definition) is 2. The van der Waals surface area contributed by atoms with Crippen LogP contribution in [-0.4, -0.2) is 27.8 Å². The molecule has 0 saturated carbocycles. The van der Waals surface area contributed by atoms with Crippen LogP contribution in [-0.2, 0) is 17.8 Å². The average molecular weight is 430 g/mol. The molecule has 2 heterocycles. The predicted octanol–water partition coefficient (Wildman–Crippen LogP) is 6.54. The highest BCUT2D eigenvalue weighted by molar-refractivity contribution is 6.10. The van der Waals surface area contributed by atoms with Gasteiger partial charge in [0.15, 0.2) is 0 Å². The summed E-state index contributed by atoms with van der Waals surface area (Å²) in [6.45, 7) is 10.5. The van der Waals surface area contributed by atoms with Gasteiger partial charge in [0.05, 0.1) is 23.2 Å². The van der Waals surface area contributed by atoms with Gasteiger partial charge in [0, 0.05) is 42.1 Å². The van der Waals surface area contributed by atoms with E-state index in [1.807, 2.05) is 6.92 Å². The third kappa shape index (κ3) is 3.03. The summed E-state index contributed by atoms with van der Waals surface area (Å²) in [4.78, 5) is 5.07. The first-order chi connectivity index (χ1) is 15.4. The fourth-order valence-electron chi connectivity index (χ4n) is 4.93. The Balaban J connectivity index is 1.82. The normalized spacial score (nSPS) is 11.9. The van der Waals surface area contributed by atoms with E-state index in [2.05, 4.69) is 60.2 Å². The minimum Gasteiger partial charge on any atom is -0.383 e. The van der Waals surface area contributed by atoms with Crippen molar-refractivity contribution in [3.8, 4) is 11.4 Å². The van der Waals surface area contributed by atoms with Gasteiger partial charge < -0.3 is 13.9 Å². The van der Waals surface area contributed by atoms with Crippen LogP contribution in [0.25, 0.3) is 44.2 Å². The molecule has 32 heavy (non-hydrogen) atoms. The fraction of sp³-hybridized carbons (Fsp3) is 0.296. The highest BCUT2D eigenvalue weighted by atomic mass is 19.1. The van der Waals surface area contributed by atoms with E-state index in [0.29, 0.717) is 13.2 Å². The Morgan fingerprint density at radius 3 is 2.44 bits per heavy atom. The summed E-state index contributed by atoms with van der Waals surface area (Å²) in [6, 6.07) is 14.0. The van der Waals surface area contributed by atoms with Gasteiger partial charge in [-0.1, -0.05) is 6.07 Å². The van der Waals surface area contributed by atoms with Crippen molar-refractivity contribution < 1.29 is 9.13 Å². The summed E-state index contributed by atoms with van der Waals surface area (Å²) in [5.74, 6) is 0.715. The van der Waals surface area contributed by atoms with Crippen molar-refractivity contribution in [2.45, 2.75) is 40.8 Å². The number of ether oxygens (including phenoxy) is 1. The van der Waals surface area contributed by atoms with E-state index in [1.54, 1.807) is 19.2 Å². The summed E-state index contributed by atoms with van der Waals surface area (Å²) in [6.07, 6.45) is 0. The zero-order chi connectivity index (χ0) is 22.6. The number of imidazole rings is 1. The van der Waals surface area contributed by atoms with Crippen molar-refractivity contribution in [3.05, 3.63) is 65.0 Å². The second-order valence-electron chi connectivity index (χ2n) is 8.55. The third-order valence-electron chi connectivity index (χ3n) is 6.65. The van der Waals surface area contributed by atoms with Crippen LogP contribution >= 0.6 is 0 Å². The highest BCUT2D eigenvalue weighted by Crippen LogP contribution is 2.36. The Labute approximate surface area is 187 Å². The number of aromatic nitrogens is 3. The van der Waals surface area contributed by atoms with Gasteiger partial charge in [-0.3, -0.25) is 0 Å². The molecule has 0 aliphatic rings. The highest BCUT2D eigenvalue weighted by Gasteiger charge is 2.18. The minimum absolute atomic E-state index is 0.200. The molecule has 0 fully saturated rings. The molecular weight excluding hydrogens is 401 g/mol. The standard InChI is InChI=1S/C27H28FN3O/c1-6-30-23-10-8-19(14-21(23)22-15-20(28)13-17(3)26(22)30)27-29-25-18(4)16(2)7-9-24(25)31(27)11-12-32-5/h7-10,13-15H,6,11-12H2,1-5H3. The Morgan fingerprint density at radius 1 is 0.906 bits per heavy atom. The first kappa shape index (κ1) is 20.7. The second kappa shape index (κ2) is 7.75. The SMILES string of the molecule is CCn1c2ccc(-c3nc4c(C)c(C)ccc4n3CCOC)cc2c2cc(F)cc(C)c21. The van der Waals surface area contributed by atoms with E-state index < -0.39 is 0 Å². The number of aryl methyl sites for hydroxylation is 4. The number of rotatable bonds is 5. The lowest BCUT2D eigenvalue weighted by Crippen LogP contribution is -2.06. The number of methoxy groups -OCH3 is 1. The first-order valence-corrected chi connectivity index (χ1v) is 11.1. The number of fused-ring (bicyclic) bond motifs is 4. The van der Waals surface area contributed by atoms with Crippen LogP contribution in [0.15, 0.2) is 42.5 Å². The molecule has 5 heteroatoms. The molecule has 0 aliphatic heterocycles. The lowest BCUT2D eigenvalue weighted by atomic mass is 10.1. The smallest absolute Gasteiger partial charge is 0.141 e. The molecule has 5 aromatic rings. The number of nitrogens with zero attached hydrogens (tertiary/aromatic N) is 3. The summed E-state index contributed by atoms with van der Waals surface area (Å²) in [5, 5.41) is 2.01. The van der Waals surface area contributed by atoms with E-state index in [-0.39, 0.29) is 5.82 Å². The lowest BCUT2D eigenvalue weighted by molar-refractivity contribution is 0.188. The predicted molar refractivity (Wildman–Crippen MR) is 130 cm³/mol. The van der Waals surface area contributed by atoms with Gasteiger partial charge in [-0.15, -0.1) is 0 Å². The molecule has 0 N–H and O–H groups in total. The Morgan fingerprint density at radius 2 is 1.69 bits per heavy atom. The Hall–Kier alpha value is -3.18. The van der Waals surface area contributed by atoms with E-state index in [0.717, 1.165) is 56.3 Å². The molecular formula is C27H28FN3O. The molecule has 0 atom stereocenters. The zero-order valence-corrected chi connectivity index (χ0v) is 19.3. The molecule has 0 amide bonds. The largest absolute Gasteiger partial charge is 0.383 e. The van der Waals surface area contributed by atoms with E-state index in [4.69, 9.17) is 9.72 Å². The van der Waals surface area contributed by atoms with Gasteiger partial charge in [0.2, 0.25) is 0 Å². The molecule has 164 valence electrons. The van der Waals surface area contributed by atoms with Crippen molar-refractivity contribution in [1.82, 2.24) is 14.1 Å². The summed E-state index contributed by atoms with van der Waals surface area (Å²) < 4.78 is 24.2. The number of hydrogen-bond donors (Lipinski definition) is 0. The molecule has 0 aliphatic carbocycles. The molecule has 4 nitrogen and oxygen atoms in total. The monoisotopic (exact) mass is 429 g/mol. The minimum atomic E-state index is -0.200. The molecule has 3 aromatic carbocycles. The molecule has 0 bridgehead atoms. The van der Waals surface area contributed by atoms with Crippen LogP contribution in [0.1, 0.15) is 23.6 Å². The van der Waals surface area contributed by atoms with Crippen LogP contribution in [0, 0.1) is 26.6 Å². The maximum atomic E-state index is 14.3. The van der Waals surface area contributed by atoms with E-state index in [9.17, 15) is 4.39 Å². The summed E-state index contributed by atoms with van der Waals surface area (Å²) >= 11 is 0.